The van der Waals surface area contributed by atoms with Crippen molar-refractivity contribution in [2.75, 3.05) is 13.2 Å². The summed E-state index contributed by atoms with van der Waals surface area (Å²) in [5.74, 6) is 1.12. The van der Waals surface area contributed by atoms with E-state index in [2.05, 4.69) is 5.32 Å². The Morgan fingerprint density at radius 1 is 1.26 bits per heavy atom. The highest BCUT2D eigenvalue weighted by atomic mass is 16.5. The van der Waals surface area contributed by atoms with Gasteiger partial charge in [-0.2, -0.15) is 0 Å². The molecule has 1 aliphatic rings. The third kappa shape index (κ3) is 4.47. The molecule has 1 aliphatic heterocycles. The number of urea groups is 1. The van der Waals surface area contributed by atoms with E-state index in [9.17, 15) is 9.59 Å². The van der Waals surface area contributed by atoms with Crippen molar-refractivity contribution in [3.05, 3.63) is 29.3 Å². The number of carbonyl (C=O) groups excluding carboxylic acids is 2. The summed E-state index contributed by atoms with van der Waals surface area (Å²) in [6.45, 7) is 8.98. The highest BCUT2D eigenvalue weighted by molar-refractivity contribution is 6.04. The standard InChI is InChI=1S/C18H26N2O3/c1-12(2)10-15-17(21)20(18(22)19-15)8-5-9-23-16-11-13(3)6-7-14(16)4/h6-7,11-12,15H,5,8-10H2,1-4H3,(H,19,22). The van der Waals surface area contributed by atoms with Crippen LogP contribution < -0.4 is 10.1 Å². The van der Waals surface area contributed by atoms with Crippen LogP contribution in [-0.2, 0) is 4.79 Å². The minimum Gasteiger partial charge on any atom is -0.493 e. The Labute approximate surface area is 138 Å². The number of ether oxygens (including phenoxy) is 1. The van der Waals surface area contributed by atoms with Gasteiger partial charge in [-0.15, -0.1) is 0 Å². The number of nitrogens with zero attached hydrogens (tertiary/aromatic N) is 1. The van der Waals surface area contributed by atoms with E-state index in [1.807, 2.05) is 45.9 Å². The number of hydrogen-bond donors (Lipinski definition) is 1. The monoisotopic (exact) mass is 318 g/mol. The summed E-state index contributed by atoms with van der Waals surface area (Å²) in [7, 11) is 0. The summed E-state index contributed by atoms with van der Waals surface area (Å²) < 4.78 is 5.77. The molecule has 0 bridgehead atoms. The van der Waals surface area contributed by atoms with Crippen molar-refractivity contribution in [2.24, 2.45) is 5.92 Å². The van der Waals surface area contributed by atoms with Gasteiger partial charge in [-0.1, -0.05) is 26.0 Å². The van der Waals surface area contributed by atoms with E-state index in [1.54, 1.807) is 0 Å². The number of amides is 3. The molecule has 2 rings (SSSR count). The molecule has 0 radical (unpaired) electrons. The summed E-state index contributed by atoms with van der Waals surface area (Å²) in [4.78, 5) is 25.4. The van der Waals surface area contributed by atoms with Gasteiger partial charge in [0.15, 0.2) is 0 Å². The molecular formula is C18H26N2O3. The lowest BCUT2D eigenvalue weighted by atomic mass is 10.0. The Hall–Kier alpha value is -2.04. The van der Waals surface area contributed by atoms with Crippen LogP contribution in [0.5, 0.6) is 5.75 Å². The summed E-state index contributed by atoms with van der Waals surface area (Å²) >= 11 is 0. The quantitative estimate of drug-likeness (QED) is 0.621. The highest BCUT2D eigenvalue weighted by Gasteiger charge is 2.37. The average molecular weight is 318 g/mol. The van der Waals surface area contributed by atoms with Crippen LogP contribution in [0.1, 0.15) is 37.8 Å². The molecule has 5 nitrogen and oxygen atoms in total. The molecular weight excluding hydrogens is 292 g/mol. The van der Waals surface area contributed by atoms with Crippen LogP contribution >= 0.6 is 0 Å². The average Bonchev–Trinajstić information content (AvgIpc) is 2.73. The fraction of sp³-hybridized carbons (Fsp3) is 0.556. The van der Waals surface area contributed by atoms with Gasteiger partial charge in [0.05, 0.1) is 6.61 Å². The molecule has 1 unspecified atom stereocenters. The summed E-state index contributed by atoms with van der Waals surface area (Å²) in [6, 6.07) is 5.42. The van der Waals surface area contributed by atoms with E-state index in [4.69, 9.17) is 4.74 Å². The van der Waals surface area contributed by atoms with E-state index in [0.717, 1.165) is 16.9 Å². The van der Waals surface area contributed by atoms with Gasteiger partial charge < -0.3 is 10.1 Å². The number of aryl methyl sites for hydroxylation is 2. The third-order valence-corrected chi connectivity index (χ3v) is 3.94. The van der Waals surface area contributed by atoms with Crippen LogP contribution in [0, 0.1) is 19.8 Å². The number of hydrogen-bond acceptors (Lipinski definition) is 3. The maximum atomic E-state index is 12.2. The minimum atomic E-state index is -0.373. The SMILES string of the molecule is Cc1ccc(C)c(OCCCN2C(=O)NC(CC(C)C)C2=O)c1. The number of carbonyl (C=O) groups is 2. The van der Waals surface area contributed by atoms with E-state index >= 15 is 0 Å². The summed E-state index contributed by atoms with van der Waals surface area (Å²) in [6.07, 6.45) is 1.31. The Kier molecular flexibility index (Phi) is 5.64. The van der Waals surface area contributed by atoms with Crippen molar-refractivity contribution >= 4 is 11.9 Å². The Morgan fingerprint density at radius 2 is 2.00 bits per heavy atom. The predicted molar refractivity (Wildman–Crippen MR) is 89.5 cm³/mol. The van der Waals surface area contributed by atoms with Crippen molar-refractivity contribution in [3.8, 4) is 5.75 Å². The second kappa shape index (κ2) is 7.49. The largest absolute Gasteiger partial charge is 0.493 e. The zero-order chi connectivity index (χ0) is 17.0. The van der Waals surface area contributed by atoms with Crippen LogP contribution in [-0.4, -0.2) is 36.0 Å². The summed E-state index contributed by atoms with van der Waals surface area (Å²) in [5.41, 5.74) is 2.24. The lowest BCUT2D eigenvalue weighted by Gasteiger charge is -2.15. The molecule has 5 heteroatoms. The van der Waals surface area contributed by atoms with Crippen LogP contribution in [0.3, 0.4) is 0 Å². The fourth-order valence-corrected chi connectivity index (χ4v) is 2.69. The molecule has 1 heterocycles. The smallest absolute Gasteiger partial charge is 0.324 e. The molecule has 1 fully saturated rings. The first-order valence-electron chi connectivity index (χ1n) is 8.20. The molecule has 0 aliphatic carbocycles. The van der Waals surface area contributed by atoms with E-state index in [1.165, 1.54) is 4.90 Å². The predicted octanol–water partition coefficient (Wildman–Crippen LogP) is 3.04. The Morgan fingerprint density at radius 3 is 2.70 bits per heavy atom. The van der Waals surface area contributed by atoms with Gasteiger partial charge in [-0.3, -0.25) is 9.69 Å². The summed E-state index contributed by atoms with van der Waals surface area (Å²) in [5, 5.41) is 2.76. The van der Waals surface area contributed by atoms with Gasteiger partial charge in [0.1, 0.15) is 11.8 Å². The molecule has 1 aromatic rings. The zero-order valence-electron chi connectivity index (χ0n) is 14.4. The van der Waals surface area contributed by atoms with Gasteiger partial charge in [0.25, 0.3) is 5.91 Å². The first kappa shape index (κ1) is 17.3. The molecule has 23 heavy (non-hydrogen) atoms. The molecule has 1 atom stereocenters. The van der Waals surface area contributed by atoms with E-state index < -0.39 is 0 Å². The molecule has 0 aromatic heterocycles. The zero-order valence-corrected chi connectivity index (χ0v) is 14.4. The normalized spacial score (nSPS) is 17.8. The Bertz CT molecular complexity index is 584. The fourth-order valence-electron chi connectivity index (χ4n) is 2.69. The first-order valence-corrected chi connectivity index (χ1v) is 8.20. The van der Waals surface area contributed by atoms with E-state index in [0.29, 0.717) is 31.9 Å². The second-order valence-electron chi connectivity index (χ2n) is 6.59. The molecule has 0 saturated carbocycles. The maximum absolute atomic E-state index is 12.2. The topological polar surface area (TPSA) is 58.6 Å². The van der Waals surface area contributed by atoms with Crippen LogP contribution in [0.25, 0.3) is 0 Å². The first-order chi connectivity index (χ1) is 10.9. The molecule has 1 saturated heterocycles. The van der Waals surface area contributed by atoms with Crippen molar-refractivity contribution in [3.63, 3.8) is 0 Å². The molecule has 0 spiro atoms. The van der Waals surface area contributed by atoms with E-state index in [-0.39, 0.29) is 18.0 Å². The van der Waals surface area contributed by atoms with Gasteiger partial charge >= 0.3 is 6.03 Å². The number of imide groups is 1. The number of benzene rings is 1. The minimum absolute atomic E-state index is 0.115. The van der Waals surface area contributed by atoms with Crippen molar-refractivity contribution in [1.29, 1.82) is 0 Å². The van der Waals surface area contributed by atoms with Gasteiger partial charge in [-0.25, -0.2) is 4.79 Å². The van der Waals surface area contributed by atoms with Gasteiger partial charge in [0.2, 0.25) is 0 Å². The number of rotatable bonds is 7. The van der Waals surface area contributed by atoms with Crippen LogP contribution in [0.4, 0.5) is 4.79 Å². The lowest BCUT2D eigenvalue weighted by molar-refractivity contribution is -0.127. The van der Waals surface area contributed by atoms with Crippen LogP contribution in [0.15, 0.2) is 18.2 Å². The second-order valence-corrected chi connectivity index (χ2v) is 6.59. The molecule has 1 aromatic carbocycles. The third-order valence-electron chi connectivity index (χ3n) is 3.94. The molecule has 126 valence electrons. The van der Waals surface area contributed by atoms with Crippen LogP contribution in [0.2, 0.25) is 0 Å². The number of nitrogens with one attached hydrogen (secondary N) is 1. The Balaban J connectivity index is 1.81. The van der Waals surface area contributed by atoms with Crippen molar-refractivity contribution in [2.45, 2.75) is 46.6 Å². The molecule has 1 N–H and O–H groups in total. The maximum Gasteiger partial charge on any atom is 0.324 e. The van der Waals surface area contributed by atoms with Gasteiger partial charge in [-0.05, 0) is 49.8 Å². The molecule has 3 amide bonds. The van der Waals surface area contributed by atoms with Gasteiger partial charge in [0, 0.05) is 6.54 Å². The highest BCUT2D eigenvalue weighted by Crippen LogP contribution is 2.19. The van der Waals surface area contributed by atoms with Crippen molar-refractivity contribution < 1.29 is 14.3 Å². The van der Waals surface area contributed by atoms with Crippen molar-refractivity contribution in [1.82, 2.24) is 10.2 Å². The lowest BCUT2D eigenvalue weighted by Crippen LogP contribution is -2.33.